The number of ether oxygens (including phenoxy) is 6. The molecule has 0 spiro atoms. The van der Waals surface area contributed by atoms with Crippen molar-refractivity contribution < 1.29 is 38.0 Å². The van der Waals surface area contributed by atoms with E-state index in [0.717, 1.165) is 54.9 Å². The summed E-state index contributed by atoms with van der Waals surface area (Å²) in [5, 5.41) is 4.05. The molecule has 6 aromatic rings. The van der Waals surface area contributed by atoms with E-state index in [1.54, 1.807) is 13.8 Å². The van der Waals surface area contributed by atoms with Gasteiger partial charge in [0.25, 0.3) is 0 Å². The maximum atomic E-state index is 12.6. The third kappa shape index (κ3) is 10.1. The van der Waals surface area contributed by atoms with Crippen molar-refractivity contribution in [3.63, 3.8) is 0 Å². The number of hydrogen-bond acceptors (Lipinski definition) is 8. The lowest BCUT2D eigenvalue weighted by Crippen LogP contribution is -2.31. The molecule has 0 fully saturated rings. The van der Waals surface area contributed by atoms with Gasteiger partial charge < -0.3 is 28.4 Å². The van der Waals surface area contributed by atoms with Crippen LogP contribution in [0.15, 0.2) is 133 Å². The van der Waals surface area contributed by atoms with Gasteiger partial charge in [0.1, 0.15) is 49.4 Å². The predicted octanol–water partition coefficient (Wildman–Crippen LogP) is 10.8. The molecule has 0 aliphatic heterocycles. The summed E-state index contributed by atoms with van der Waals surface area (Å²) in [6, 6.07) is 36.0. The molecular formula is C50H50O8. The highest BCUT2D eigenvalue weighted by Gasteiger charge is 2.22. The Morgan fingerprint density at radius 1 is 0.483 bits per heavy atom. The van der Waals surface area contributed by atoms with Gasteiger partial charge in [0.2, 0.25) is 0 Å². The molecule has 58 heavy (non-hydrogen) atoms. The molecule has 2 unspecified atom stereocenters. The number of carbonyl (C=O) groups is 2. The Balaban J connectivity index is 1.14. The number of carbonyl (C=O) groups excluding carboxylic acids is 2. The average molecular weight is 779 g/mol. The van der Waals surface area contributed by atoms with Crippen LogP contribution in [0.25, 0.3) is 32.7 Å². The number of aryl methyl sites for hydroxylation is 4. The van der Waals surface area contributed by atoms with Crippen LogP contribution in [0.5, 0.6) is 23.0 Å². The van der Waals surface area contributed by atoms with Crippen LogP contribution < -0.4 is 18.9 Å². The highest BCUT2D eigenvalue weighted by Crippen LogP contribution is 2.35. The highest BCUT2D eigenvalue weighted by molar-refractivity contribution is 5.89. The summed E-state index contributed by atoms with van der Waals surface area (Å²) in [7, 11) is 0. The van der Waals surface area contributed by atoms with Crippen LogP contribution >= 0.6 is 0 Å². The van der Waals surface area contributed by atoms with Gasteiger partial charge in [0.05, 0.1) is 0 Å². The van der Waals surface area contributed by atoms with E-state index >= 15 is 0 Å². The van der Waals surface area contributed by atoms with Gasteiger partial charge in [0.15, 0.2) is 12.2 Å². The van der Waals surface area contributed by atoms with Gasteiger partial charge in [-0.05, 0) is 122 Å². The van der Waals surface area contributed by atoms with E-state index in [1.807, 2.05) is 113 Å². The number of esters is 2. The van der Waals surface area contributed by atoms with Crippen molar-refractivity contribution in [2.24, 2.45) is 0 Å². The molecule has 8 heteroatoms. The van der Waals surface area contributed by atoms with E-state index in [0.29, 0.717) is 34.1 Å². The number of benzene rings is 6. The van der Waals surface area contributed by atoms with Crippen LogP contribution in [0.2, 0.25) is 0 Å². The van der Waals surface area contributed by atoms with Crippen molar-refractivity contribution in [1.82, 2.24) is 0 Å². The molecule has 0 saturated heterocycles. The molecule has 6 rings (SSSR count). The zero-order valence-corrected chi connectivity index (χ0v) is 34.1. The molecule has 0 aliphatic carbocycles. The summed E-state index contributed by atoms with van der Waals surface area (Å²) < 4.78 is 36.6. The Morgan fingerprint density at radius 3 is 1.17 bits per heavy atom. The lowest BCUT2D eigenvalue weighted by Gasteiger charge is -2.22. The standard InChI is InChI=1S/C50H50O8/c1-31(2)49(51)57-41(27-53-45-21-13-17-37-15-9-11-19-43(37)45)29-55-47-33(5)23-39(24-34(47)6)40-25-35(7)48(36(8)26-40)56-30-42(58-50(52)32(3)4)28-54-46-22-14-18-38-16-10-12-20-44(38)46/h9-26,41-42H,1,3,27-30H2,2,4-8H3. The van der Waals surface area contributed by atoms with E-state index in [-0.39, 0.29) is 26.4 Å². The minimum atomic E-state index is -0.687. The molecular weight excluding hydrogens is 729 g/mol. The average Bonchev–Trinajstić information content (AvgIpc) is 3.20. The largest absolute Gasteiger partial charge is 0.489 e. The van der Waals surface area contributed by atoms with E-state index in [4.69, 9.17) is 28.4 Å². The van der Waals surface area contributed by atoms with Crippen LogP contribution in [-0.2, 0) is 19.1 Å². The number of hydrogen-bond donors (Lipinski definition) is 0. The van der Waals surface area contributed by atoms with E-state index < -0.39 is 24.1 Å². The molecule has 8 nitrogen and oxygen atoms in total. The van der Waals surface area contributed by atoms with Gasteiger partial charge in [-0.3, -0.25) is 0 Å². The topological polar surface area (TPSA) is 89.5 Å². The minimum Gasteiger partial charge on any atom is -0.489 e. The van der Waals surface area contributed by atoms with Crippen molar-refractivity contribution in [3.8, 4) is 34.1 Å². The van der Waals surface area contributed by atoms with Crippen LogP contribution in [-0.4, -0.2) is 50.6 Å². The number of rotatable bonds is 17. The van der Waals surface area contributed by atoms with E-state index in [2.05, 4.69) is 37.4 Å². The monoisotopic (exact) mass is 778 g/mol. The van der Waals surface area contributed by atoms with Crippen molar-refractivity contribution in [2.45, 2.75) is 53.8 Å². The van der Waals surface area contributed by atoms with E-state index in [1.165, 1.54) is 0 Å². The van der Waals surface area contributed by atoms with Crippen molar-refractivity contribution in [1.29, 1.82) is 0 Å². The van der Waals surface area contributed by atoms with Gasteiger partial charge in [-0.1, -0.05) is 86.0 Å². The second kappa shape index (κ2) is 18.6. The van der Waals surface area contributed by atoms with Crippen LogP contribution in [0, 0.1) is 27.7 Å². The zero-order chi connectivity index (χ0) is 41.3. The molecule has 0 N–H and O–H groups in total. The number of fused-ring (bicyclic) bond motifs is 2. The van der Waals surface area contributed by atoms with Crippen LogP contribution in [0.4, 0.5) is 0 Å². The first-order chi connectivity index (χ1) is 27.9. The first kappa shape index (κ1) is 41.1. The zero-order valence-electron chi connectivity index (χ0n) is 34.1. The molecule has 0 radical (unpaired) electrons. The maximum Gasteiger partial charge on any atom is 0.333 e. The second-order valence-electron chi connectivity index (χ2n) is 14.7. The Labute approximate surface area is 340 Å². The van der Waals surface area contributed by atoms with Crippen molar-refractivity contribution >= 4 is 33.5 Å². The predicted molar refractivity (Wildman–Crippen MR) is 230 cm³/mol. The third-order valence-electron chi connectivity index (χ3n) is 9.67. The van der Waals surface area contributed by atoms with Crippen molar-refractivity contribution in [3.05, 3.63) is 156 Å². The maximum absolute atomic E-state index is 12.6. The van der Waals surface area contributed by atoms with Gasteiger partial charge in [0, 0.05) is 21.9 Å². The van der Waals surface area contributed by atoms with Crippen LogP contribution in [0.3, 0.4) is 0 Å². The third-order valence-corrected chi connectivity index (χ3v) is 9.67. The fraction of sp³-hybridized carbons (Fsp3) is 0.240. The molecule has 0 heterocycles. The Bertz CT molecular complexity index is 2250. The minimum absolute atomic E-state index is 0.0880. The summed E-state index contributed by atoms with van der Waals surface area (Å²) in [5.74, 6) is 1.80. The normalized spacial score (nSPS) is 12.0. The highest BCUT2D eigenvalue weighted by atomic mass is 16.6. The van der Waals surface area contributed by atoms with Gasteiger partial charge >= 0.3 is 11.9 Å². The quantitative estimate of drug-likeness (QED) is 0.0668. The summed E-state index contributed by atoms with van der Waals surface area (Å²) in [6.45, 7) is 19.1. The Kier molecular flexibility index (Phi) is 13.2. The lowest BCUT2D eigenvalue weighted by atomic mass is 9.96. The van der Waals surface area contributed by atoms with E-state index in [9.17, 15) is 9.59 Å². The molecule has 2 atom stereocenters. The second-order valence-corrected chi connectivity index (χ2v) is 14.7. The molecule has 0 bridgehead atoms. The van der Waals surface area contributed by atoms with Gasteiger partial charge in [-0.25, -0.2) is 9.59 Å². The first-order valence-electron chi connectivity index (χ1n) is 19.3. The van der Waals surface area contributed by atoms with Crippen molar-refractivity contribution in [2.75, 3.05) is 26.4 Å². The fourth-order valence-electron chi connectivity index (χ4n) is 6.79. The summed E-state index contributed by atoms with van der Waals surface area (Å²) in [4.78, 5) is 25.2. The molecule has 0 aliphatic rings. The SMILES string of the molecule is C=C(C)C(=O)OC(COc1c(C)cc(-c2cc(C)c(OCC(COc3cccc4ccccc34)OC(=O)C(=C)C)c(C)c2)cc1C)COc1cccc2ccccc12. The summed E-state index contributed by atoms with van der Waals surface area (Å²) in [5.41, 5.74) is 6.34. The fourth-order valence-corrected chi connectivity index (χ4v) is 6.79. The van der Waals surface area contributed by atoms with Gasteiger partial charge in [-0.2, -0.15) is 0 Å². The molecule has 0 saturated carbocycles. The Morgan fingerprint density at radius 2 is 0.810 bits per heavy atom. The molecule has 6 aromatic carbocycles. The Hall–Kier alpha value is -6.54. The molecule has 0 amide bonds. The lowest BCUT2D eigenvalue weighted by molar-refractivity contribution is -0.148. The summed E-state index contributed by atoms with van der Waals surface area (Å²) in [6.07, 6.45) is -1.37. The van der Waals surface area contributed by atoms with Crippen LogP contribution in [0.1, 0.15) is 36.1 Å². The molecule has 298 valence electrons. The van der Waals surface area contributed by atoms with Gasteiger partial charge in [-0.15, -0.1) is 0 Å². The first-order valence-corrected chi connectivity index (χ1v) is 19.3. The summed E-state index contributed by atoms with van der Waals surface area (Å²) >= 11 is 0. The molecule has 0 aromatic heterocycles. The smallest absolute Gasteiger partial charge is 0.333 e.